The SMILES string of the molecule is Cc1nn(C)c(CN(CC(=O)O)C2CC2)c1Br. The third-order valence-corrected chi connectivity index (χ3v) is 4.05. The summed E-state index contributed by atoms with van der Waals surface area (Å²) in [5, 5.41) is 13.2. The molecule has 0 atom stereocenters. The van der Waals surface area contributed by atoms with Gasteiger partial charge >= 0.3 is 5.97 Å². The molecule has 1 N–H and O–H groups in total. The summed E-state index contributed by atoms with van der Waals surface area (Å²) in [4.78, 5) is 12.8. The fourth-order valence-corrected chi connectivity index (χ4v) is 2.43. The molecule has 0 amide bonds. The highest BCUT2D eigenvalue weighted by Crippen LogP contribution is 2.30. The molecule has 1 aliphatic carbocycles. The highest BCUT2D eigenvalue weighted by atomic mass is 79.9. The molecule has 0 unspecified atom stereocenters. The number of carbonyl (C=O) groups is 1. The lowest BCUT2D eigenvalue weighted by Gasteiger charge is -2.19. The number of aryl methyl sites for hydroxylation is 2. The summed E-state index contributed by atoms with van der Waals surface area (Å²) >= 11 is 3.51. The van der Waals surface area contributed by atoms with E-state index < -0.39 is 5.97 Å². The fraction of sp³-hybridized carbons (Fsp3) is 0.636. The fourth-order valence-electron chi connectivity index (χ4n) is 1.97. The second kappa shape index (κ2) is 4.78. The average molecular weight is 302 g/mol. The highest BCUT2D eigenvalue weighted by Gasteiger charge is 2.31. The maximum absolute atomic E-state index is 10.8. The summed E-state index contributed by atoms with van der Waals surface area (Å²) in [6, 6.07) is 0.424. The van der Waals surface area contributed by atoms with Crippen molar-refractivity contribution in [1.82, 2.24) is 14.7 Å². The van der Waals surface area contributed by atoms with Gasteiger partial charge in [-0.05, 0) is 35.7 Å². The molecular weight excluding hydrogens is 286 g/mol. The lowest BCUT2D eigenvalue weighted by atomic mass is 10.3. The first-order valence-electron chi connectivity index (χ1n) is 5.63. The maximum atomic E-state index is 10.8. The van der Waals surface area contributed by atoms with Crippen LogP contribution in [0.1, 0.15) is 24.2 Å². The molecule has 6 heteroatoms. The number of nitrogens with zero attached hydrogens (tertiary/aromatic N) is 3. The number of hydrogen-bond donors (Lipinski definition) is 1. The summed E-state index contributed by atoms with van der Waals surface area (Å²) < 4.78 is 2.80. The molecule has 94 valence electrons. The van der Waals surface area contributed by atoms with Crippen LogP contribution in [0.3, 0.4) is 0 Å². The Balaban J connectivity index is 2.13. The van der Waals surface area contributed by atoms with Gasteiger partial charge in [0, 0.05) is 19.6 Å². The van der Waals surface area contributed by atoms with Gasteiger partial charge in [-0.15, -0.1) is 0 Å². The van der Waals surface area contributed by atoms with E-state index in [0.717, 1.165) is 28.7 Å². The smallest absolute Gasteiger partial charge is 0.317 e. The molecule has 0 bridgehead atoms. The number of hydrogen-bond acceptors (Lipinski definition) is 3. The second-order valence-electron chi connectivity index (χ2n) is 4.50. The van der Waals surface area contributed by atoms with Gasteiger partial charge in [0.2, 0.25) is 0 Å². The Kier molecular flexibility index (Phi) is 3.53. The Hall–Kier alpha value is -0.880. The molecule has 0 aromatic carbocycles. The van der Waals surface area contributed by atoms with Crippen LogP contribution in [0, 0.1) is 6.92 Å². The molecular formula is C11H16BrN3O2. The zero-order valence-corrected chi connectivity index (χ0v) is 11.6. The van der Waals surface area contributed by atoms with Gasteiger partial charge < -0.3 is 5.11 Å². The molecule has 0 radical (unpaired) electrons. The van der Waals surface area contributed by atoms with Gasteiger partial charge in [-0.3, -0.25) is 14.4 Å². The quantitative estimate of drug-likeness (QED) is 0.896. The predicted molar refractivity (Wildman–Crippen MR) is 66.7 cm³/mol. The van der Waals surface area contributed by atoms with Crippen LogP contribution in [0.2, 0.25) is 0 Å². The monoisotopic (exact) mass is 301 g/mol. The van der Waals surface area contributed by atoms with Crippen LogP contribution in [-0.2, 0) is 18.4 Å². The molecule has 0 spiro atoms. The Labute approximate surface area is 109 Å². The Bertz CT molecular complexity index is 440. The largest absolute Gasteiger partial charge is 0.480 e. The minimum atomic E-state index is -0.771. The van der Waals surface area contributed by atoms with Crippen LogP contribution in [0.4, 0.5) is 0 Å². The average Bonchev–Trinajstić information content (AvgIpc) is 3.02. The summed E-state index contributed by atoms with van der Waals surface area (Å²) in [6.45, 7) is 2.67. The molecule has 1 heterocycles. The number of carboxylic acids is 1. The van der Waals surface area contributed by atoms with E-state index in [1.54, 1.807) is 0 Å². The van der Waals surface area contributed by atoms with Crippen LogP contribution in [0.15, 0.2) is 4.47 Å². The molecule has 1 aromatic rings. The van der Waals surface area contributed by atoms with E-state index in [1.165, 1.54) is 0 Å². The molecule has 0 aliphatic heterocycles. The standard InChI is InChI=1S/C11H16BrN3O2/c1-7-11(12)9(14(2)13-7)5-15(6-10(16)17)8-3-4-8/h8H,3-6H2,1-2H3,(H,16,17). The van der Waals surface area contributed by atoms with Crippen molar-refractivity contribution in [2.75, 3.05) is 6.54 Å². The van der Waals surface area contributed by atoms with Crippen molar-refractivity contribution < 1.29 is 9.90 Å². The third kappa shape index (κ3) is 2.87. The first kappa shape index (κ1) is 12.6. The van der Waals surface area contributed by atoms with Crippen LogP contribution in [0.25, 0.3) is 0 Å². The lowest BCUT2D eigenvalue weighted by molar-refractivity contribution is -0.138. The summed E-state index contributed by atoms with van der Waals surface area (Å²) in [6.07, 6.45) is 2.20. The molecule has 17 heavy (non-hydrogen) atoms. The van der Waals surface area contributed by atoms with Crippen molar-refractivity contribution in [3.8, 4) is 0 Å². The number of halogens is 1. The van der Waals surface area contributed by atoms with E-state index in [0.29, 0.717) is 12.6 Å². The Morgan fingerprint density at radius 2 is 2.29 bits per heavy atom. The lowest BCUT2D eigenvalue weighted by Crippen LogP contribution is -2.32. The van der Waals surface area contributed by atoms with Crippen molar-refractivity contribution in [2.45, 2.75) is 32.4 Å². The van der Waals surface area contributed by atoms with E-state index >= 15 is 0 Å². The maximum Gasteiger partial charge on any atom is 0.317 e. The normalized spacial score (nSPS) is 15.5. The van der Waals surface area contributed by atoms with Gasteiger partial charge in [-0.25, -0.2) is 0 Å². The Morgan fingerprint density at radius 3 is 2.71 bits per heavy atom. The summed E-state index contributed by atoms with van der Waals surface area (Å²) in [5.41, 5.74) is 1.98. The molecule has 1 fully saturated rings. The van der Waals surface area contributed by atoms with Gasteiger partial charge in [0.15, 0.2) is 0 Å². The van der Waals surface area contributed by atoms with Gasteiger partial charge in [-0.1, -0.05) is 0 Å². The van der Waals surface area contributed by atoms with E-state index in [1.807, 2.05) is 23.6 Å². The van der Waals surface area contributed by atoms with Crippen molar-refractivity contribution in [3.63, 3.8) is 0 Å². The van der Waals surface area contributed by atoms with Crippen molar-refractivity contribution in [1.29, 1.82) is 0 Å². The van der Waals surface area contributed by atoms with Crippen molar-refractivity contribution in [3.05, 3.63) is 15.9 Å². The molecule has 1 aliphatic rings. The Morgan fingerprint density at radius 1 is 1.65 bits per heavy atom. The number of carboxylic acid groups (broad SMARTS) is 1. The van der Waals surface area contributed by atoms with Gasteiger partial charge in [0.1, 0.15) is 0 Å². The van der Waals surface area contributed by atoms with Gasteiger partial charge in [0.05, 0.1) is 22.4 Å². The zero-order valence-electron chi connectivity index (χ0n) is 9.98. The molecule has 1 saturated carbocycles. The molecule has 5 nitrogen and oxygen atoms in total. The highest BCUT2D eigenvalue weighted by molar-refractivity contribution is 9.10. The topological polar surface area (TPSA) is 58.4 Å². The van der Waals surface area contributed by atoms with Crippen molar-refractivity contribution >= 4 is 21.9 Å². The minimum absolute atomic E-state index is 0.0985. The first-order valence-corrected chi connectivity index (χ1v) is 6.42. The van der Waals surface area contributed by atoms with Crippen LogP contribution < -0.4 is 0 Å². The number of aromatic nitrogens is 2. The van der Waals surface area contributed by atoms with E-state index in [9.17, 15) is 4.79 Å². The molecule has 2 rings (SSSR count). The van der Waals surface area contributed by atoms with Crippen LogP contribution in [0.5, 0.6) is 0 Å². The van der Waals surface area contributed by atoms with Crippen molar-refractivity contribution in [2.24, 2.45) is 7.05 Å². The van der Waals surface area contributed by atoms with Crippen LogP contribution >= 0.6 is 15.9 Å². The number of aliphatic carboxylic acids is 1. The van der Waals surface area contributed by atoms with E-state index in [2.05, 4.69) is 21.0 Å². The van der Waals surface area contributed by atoms with Gasteiger partial charge in [0.25, 0.3) is 0 Å². The first-order chi connectivity index (χ1) is 7.99. The number of rotatable bonds is 5. The minimum Gasteiger partial charge on any atom is -0.480 e. The molecule has 0 saturated heterocycles. The summed E-state index contributed by atoms with van der Waals surface area (Å²) in [7, 11) is 1.89. The predicted octanol–water partition coefficient (Wildman–Crippen LogP) is 1.54. The van der Waals surface area contributed by atoms with E-state index in [4.69, 9.17) is 5.11 Å². The zero-order chi connectivity index (χ0) is 12.6. The summed E-state index contributed by atoms with van der Waals surface area (Å²) in [5.74, 6) is -0.771. The van der Waals surface area contributed by atoms with E-state index in [-0.39, 0.29) is 6.54 Å². The third-order valence-electron chi connectivity index (χ3n) is 3.02. The van der Waals surface area contributed by atoms with Crippen LogP contribution in [-0.4, -0.2) is 38.3 Å². The molecule has 1 aromatic heterocycles. The second-order valence-corrected chi connectivity index (χ2v) is 5.29. The van der Waals surface area contributed by atoms with Gasteiger partial charge in [-0.2, -0.15) is 5.10 Å².